The average Bonchev–Trinajstić information content (AvgIpc) is 2.89. The van der Waals surface area contributed by atoms with Crippen LogP contribution in [0.3, 0.4) is 0 Å². The summed E-state index contributed by atoms with van der Waals surface area (Å²) in [6, 6.07) is 8.43. The minimum atomic E-state index is -0.320. The molecule has 0 spiro atoms. The fourth-order valence-corrected chi connectivity index (χ4v) is 2.14. The van der Waals surface area contributed by atoms with E-state index in [1.165, 1.54) is 19.2 Å². The normalized spacial score (nSPS) is 10.1. The van der Waals surface area contributed by atoms with Crippen molar-refractivity contribution in [3.8, 4) is 11.5 Å². The van der Waals surface area contributed by atoms with Gasteiger partial charge in [0.25, 0.3) is 5.91 Å². The number of benzene rings is 1. The van der Waals surface area contributed by atoms with Gasteiger partial charge in [-0.1, -0.05) is 6.07 Å². The number of hydrogen-bond acceptors (Lipinski definition) is 4. The number of thiophene rings is 1. The summed E-state index contributed by atoms with van der Waals surface area (Å²) >= 11 is 1.57. The number of carbonyl (C=O) groups excluding carboxylic acids is 1. The van der Waals surface area contributed by atoms with Crippen LogP contribution in [0.1, 0.15) is 15.2 Å². The zero-order valence-corrected chi connectivity index (χ0v) is 10.7. The first-order valence-corrected chi connectivity index (χ1v) is 6.26. The van der Waals surface area contributed by atoms with Crippen LogP contribution in [0.2, 0.25) is 0 Å². The maximum absolute atomic E-state index is 11.9. The van der Waals surface area contributed by atoms with Gasteiger partial charge in [0.1, 0.15) is 11.5 Å². The van der Waals surface area contributed by atoms with Crippen LogP contribution >= 0.6 is 11.3 Å². The Labute approximate surface area is 109 Å². The van der Waals surface area contributed by atoms with Gasteiger partial charge in [-0.05, 0) is 29.6 Å². The van der Waals surface area contributed by atoms with E-state index in [1.807, 2.05) is 17.5 Å². The number of amides is 1. The fraction of sp³-hybridized carbons (Fsp3) is 0.154. The first kappa shape index (κ1) is 12.4. The van der Waals surface area contributed by atoms with Crippen LogP contribution in [0.15, 0.2) is 35.7 Å². The number of nitrogens with one attached hydrogen (secondary N) is 1. The lowest BCUT2D eigenvalue weighted by Crippen LogP contribution is -2.22. The van der Waals surface area contributed by atoms with Gasteiger partial charge >= 0.3 is 0 Å². The smallest absolute Gasteiger partial charge is 0.255 e. The Morgan fingerprint density at radius 2 is 2.28 bits per heavy atom. The summed E-state index contributed by atoms with van der Waals surface area (Å²) in [7, 11) is 1.51. The SMILES string of the molecule is COc1ccc(O)c(C(=O)NCc2cccs2)c1. The van der Waals surface area contributed by atoms with E-state index in [1.54, 1.807) is 17.4 Å². The highest BCUT2D eigenvalue weighted by Gasteiger charge is 2.12. The van der Waals surface area contributed by atoms with Gasteiger partial charge in [0.2, 0.25) is 0 Å². The number of phenols is 1. The standard InChI is InChI=1S/C13H13NO3S/c1-17-9-4-5-12(15)11(7-9)13(16)14-8-10-3-2-6-18-10/h2-7,15H,8H2,1H3,(H,14,16). The van der Waals surface area contributed by atoms with Gasteiger partial charge in [-0.15, -0.1) is 11.3 Å². The van der Waals surface area contributed by atoms with Gasteiger partial charge in [0, 0.05) is 4.88 Å². The lowest BCUT2D eigenvalue weighted by Gasteiger charge is -2.07. The van der Waals surface area contributed by atoms with Gasteiger partial charge < -0.3 is 15.2 Å². The Kier molecular flexibility index (Phi) is 3.84. The Bertz CT molecular complexity index is 537. The summed E-state index contributed by atoms with van der Waals surface area (Å²) in [4.78, 5) is 13.0. The van der Waals surface area contributed by atoms with E-state index < -0.39 is 0 Å². The number of aromatic hydroxyl groups is 1. The van der Waals surface area contributed by atoms with Crippen molar-refractivity contribution >= 4 is 17.2 Å². The lowest BCUT2D eigenvalue weighted by molar-refractivity contribution is 0.0948. The Morgan fingerprint density at radius 3 is 2.94 bits per heavy atom. The average molecular weight is 263 g/mol. The highest BCUT2D eigenvalue weighted by molar-refractivity contribution is 7.09. The van der Waals surface area contributed by atoms with Crippen LogP contribution in [0.25, 0.3) is 0 Å². The summed E-state index contributed by atoms with van der Waals surface area (Å²) in [6.07, 6.45) is 0. The number of methoxy groups -OCH3 is 1. The van der Waals surface area contributed by atoms with Crippen molar-refractivity contribution in [1.29, 1.82) is 0 Å². The quantitative estimate of drug-likeness (QED) is 0.890. The molecular weight excluding hydrogens is 250 g/mol. The number of phenolic OH excluding ortho intramolecular Hbond substituents is 1. The third kappa shape index (κ3) is 2.81. The van der Waals surface area contributed by atoms with Crippen LogP contribution < -0.4 is 10.1 Å². The molecule has 0 aliphatic carbocycles. The lowest BCUT2D eigenvalue weighted by atomic mass is 10.1. The van der Waals surface area contributed by atoms with Crippen molar-refractivity contribution in [2.45, 2.75) is 6.54 Å². The number of carbonyl (C=O) groups is 1. The van der Waals surface area contributed by atoms with Gasteiger partial charge in [-0.3, -0.25) is 4.79 Å². The molecule has 2 N–H and O–H groups in total. The molecule has 0 radical (unpaired) electrons. The predicted octanol–water partition coefficient (Wildman–Crippen LogP) is 2.39. The van der Waals surface area contributed by atoms with Crippen LogP contribution in [0, 0.1) is 0 Å². The largest absolute Gasteiger partial charge is 0.507 e. The molecule has 0 fully saturated rings. The van der Waals surface area contributed by atoms with E-state index in [-0.39, 0.29) is 17.2 Å². The summed E-state index contributed by atoms with van der Waals surface area (Å²) in [6.45, 7) is 0.452. The number of ether oxygens (including phenoxy) is 1. The predicted molar refractivity (Wildman–Crippen MR) is 70.1 cm³/mol. The summed E-state index contributed by atoms with van der Waals surface area (Å²) in [5, 5.41) is 14.3. The number of rotatable bonds is 4. The highest BCUT2D eigenvalue weighted by Crippen LogP contribution is 2.22. The van der Waals surface area contributed by atoms with E-state index in [9.17, 15) is 9.90 Å². The van der Waals surface area contributed by atoms with Gasteiger partial charge in [0.15, 0.2) is 0 Å². The maximum atomic E-state index is 11.9. The maximum Gasteiger partial charge on any atom is 0.255 e. The third-order valence-corrected chi connectivity index (χ3v) is 3.33. The number of hydrogen-bond donors (Lipinski definition) is 2. The first-order chi connectivity index (χ1) is 8.70. The summed E-state index contributed by atoms with van der Waals surface area (Å²) in [5.41, 5.74) is 0.214. The first-order valence-electron chi connectivity index (χ1n) is 5.38. The van der Waals surface area contributed by atoms with Gasteiger partial charge in [0.05, 0.1) is 19.2 Å². The molecule has 1 aromatic heterocycles. The van der Waals surface area contributed by atoms with E-state index in [4.69, 9.17) is 4.74 Å². The second kappa shape index (κ2) is 5.55. The fourth-order valence-electron chi connectivity index (χ4n) is 1.50. The molecule has 0 atom stereocenters. The molecule has 0 aliphatic heterocycles. The summed E-state index contributed by atoms with van der Waals surface area (Å²) in [5.74, 6) is 0.161. The Hall–Kier alpha value is -2.01. The van der Waals surface area contributed by atoms with Crippen molar-refractivity contribution in [3.05, 3.63) is 46.2 Å². The molecular formula is C13H13NO3S. The highest BCUT2D eigenvalue weighted by atomic mass is 32.1. The van der Waals surface area contributed by atoms with Crippen LogP contribution in [-0.2, 0) is 6.54 Å². The topological polar surface area (TPSA) is 58.6 Å². The van der Waals surface area contributed by atoms with E-state index in [0.29, 0.717) is 12.3 Å². The molecule has 0 unspecified atom stereocenters. The van der Waals surface area contributed by atoms with Crippen LogP contribution in [-0.4, -0.2) is 18.1 Å². The monoisotopic (exact) mass is 263 g/mol. The van der Waals surface area contributed by atoms with Crippen LogP contribution in [0.4, 0.5) is 0 Å². The Balaban J connectivity index is 2.08. The molecule has 2 rings (SSSR count). The molecule has 0 bridgehead atoms. The zero-order chi connectivity index (χ0) is 13.0. The van der Waals surface area contributed by atoms with Crippen molar-refractivity contribution in [2.75, 3.05) is 7.11 Å². The zero-order valence-electron chi connectivity index (χ0n) is 9.84. The third-order valence-electron chi connectivity index (χ3n) is 2.45. The Morgan fingerprint density at radius 1 is 1.44 bits per heavy atom. The minimum absolute atomic E-state index is 0.0560. The van der Waals surface area contributed by atoms with E-state index >= 15 is 0 Å². The van der Waals surface area contributed by atoms with E-state index in [2.05, 4.69) is 5.32 Å². The van der Waals surface area contributed by atoms with E-state index in [0.717, 1.165) is 4.88 Å². The minimum Gasteiger partial charge on any atom is -0.507 e. The molecule has 18 heavy (non-hydrogen) atoms. The van der Waals surface area contributed by atoms with Crippen molar-refractivity contribution in [2.24, 2.45) is 0 Å². The molecule has 94 valence electrons. The van der Waals surface area contributed by atoms with Crippen LogP contribution in [0.5, 0.6) is 11.5 Å². The molecule has 5 heteroatoms. The molecule has 0 saturated heterocycles. The molecule has 2 aromatic rings. The second-order valence-electron chi connectivity index (χ2n) is 3.65. The molecule has 1 heterocycles. The summed E-state index contributed by atoms with van der Waals surface area (Å²) < 4.78 is 5.02. The molecule has 1 amide bonds. The molecule has 4 nitrogen and oxygen atoms in total. The van der Waals surface area contributed by atoms with Crippen molar-refractivity contribution < 1.29 is 14.6 Å². The van der Waals surface area contributed by atoms with Crippen molar-refractivity contribution in [3.63, 3.8) is 0 Å². The molecule has 1 aromatic carbocycles. The molecule has 0 aliphatic rings. The molecule has 0 saturated carbocycles. The second-order valence-corrected chi connectivity index (χ2v) is 4.68. The van der Waals surface area contributed by atoms with Gasteiger partial charge in [-0.2, -0.15) is 0 Å². The van der Waals surface area contributed by atoms with Crippen molar-refractivity contribution in [1.82, 2.24) is 5.32 Å². The van der Waals surface area contributed by atoms with Gasteiger partial charge in [-0.25, -0.2) is 0 Å².